The standard InChI is InChI=1S/C45H62N4O10S/c1-28-10-8-9-11-31-25-45(31,42(53)47-60(54,55)44(6)14-15-44)26-37(50)36-23-33(27-49(36)41(52)35(29(2)20-28)24-39(51)59-43(3,4)5)58-40-34-13-12-32(56-7)21-30(34)22-38(46-40)48-16-18-57-19-17-48/h9,11-13,21-22,28-29,31,33,35-36H,8,10,14-20,23-27H2,1-7H3,(H,47,53)/b11-9-/t28-,29+,31+,33+,35-,36-,45+/m0/s1. The summed E-state index contributed by atoms with van der Waals surface area (Å²) in [6.07, 6.45) is 6.43. The monoisotopic (exact) mass is 850 g/mol. The van der Waals surface area contributed by atoms with Crippen LogP contribution >= 0.6 is 0 Å². The first kappa shape index (κ1) is 43.8. The number of ether oxygens (including phenoxy) is 4. The van der Waals surface area contributed by atoms with E-state index in [4.69, 9.17) is 23.9 Å². The summed E-state index contributed by atoms with van der Waals surface area (Å²) in [5.41, 5.74) is -2.04. The van der Waals surface area contributed by atoms with Gasteiger partial charge in [0.1, 0.15) is 23.3 Å². The Balaban J connectivity index is 1.25. The zero-order valence-corrected chi connectivity index (χ0v) is 37.0. The highest BCUT2D eigenvalue weighted by atomic mass is 32.2. The largest absolute Gasteiger partial charge is 0.497 e. The topological polar surface area (TPSA) is 171 Å². The molecule has 2 aliphatic carbocycles. The number of esters is 1. The number of hydrogen-bond donors (Lipinski definition) is 1. The Morgan fingerprint density at radius 3 is 2.48 bits per heavy atom. The lowest BCUT2D eigenvalue weighted by Gasteiger charge is -2.32. The summed E-state index contributed by atoms with van der Waals surface area (Å²) in [5, 5.41) is 1.58. The lowest BCUT2D eigenvalue weighted by molar-refractivity contribution is -0.160. The van der Waals surface area contributed by atoms with Gasteiger partial charge in [-0.05, 0) is 114 Å². The van der Waals surface area contributed by atoms with E-state index in [1.807, 2.05) is 43.3 Å². The minimum absolute atomic E-state index is 0.0404. The van der Waals surface area contributed by atoms with E-state index < -0.39 is 55.7 Å². The first-order valence-electron chi connectivity index (χ1n) is 21.6. The number of nitrogens with zero attached hydrogens (tertiary/aromatic N) is 3. The number of fused-ring (bicyclic) bond motifs is 3. The summed E-state index contributed by atoms with van der Waals surface area (Å²) in [5.74, 6) is -1.32. The van der Waals surface area contributed by atoms with Crippen molar-refractivity contribution in [2.24, 2.45) is 29.1 Å². The average Bonchev–Trinajstić information content (AvgIpc) is 4.07. The number of anilines is 1. The number of sulfonamides is 1. The second kappa shape index (κ2) is 16.9. The number of allylic oxidation sites excluding steroid dienone is 2. The Kier molecular flexibility index (Phi) is 12.4. The molecule has 7 rings (SSSR count). The maximum absolute atomic E-state index is 15.1. The van der Waals surface area contributed by atoms with Gasteiger partial charge >= 0.3 is 5.97 Å². The molecule has 60 heavy (non-hydrogen) atoms. The van der Waals surface area contributed by atoms with E-state index in [9.17, 15) is 22.8 Å². The zero-order chi connectivity index (χ0) is 43.2. The summed E-state index contributed by atoms with van der Waals surface area (Å²) in [7, 11) is -2.36. The first-order valence-corrected chi connectivity index (χ1v) is 23.1. The van der Waals surface area contributed by atoms with E-state index in [1.165, 1.54) is 0 Å². The minimum atomic E-state index is -3.97. The van der Waals surface area contributed by atoms with Crippen molar-refractivity contribution in [2.45, 2.75) is 122 Å². The van der Waals surface area contributed by atoms with Crippen LogP contribution in [0.5, 0.6) is 11.6 Å². The third-order valence-electron chi connectivity index (χ3n) is 13.2. The SMILES string of the molecule is COc1ccc2c(O[C@@H]3C[C@H]4C(=O)C[C@]5(C(=O)NS(=O)(=O)C6(C)CC6)C[C@H]5/C=C\CC[C@H](C)C[C@@H](C)[C@H](CC(=O)OC(C)(C)C)C(=O)N4C3)nc(N3CCOCC3)cc2c1. The number of benzene rings is 1. The molecule has 1 aromatic carbocycles. The highest BCUT2D eigenvalue weighted by molar-refractivity contribution is 7.91. The molecule has 0 spiro atoms. The molecule has 1 N–H and O–H groups in total. The number of methoxy groups -OCH3 is 1. The molecule has 4 heterocycles. The normalized spacial score (nSPS) is 30.3. The van der Waals surface area contributed by atoms with Crippen molar-refractivity contribution < 1.29 is 46.5 Å². The molecule has 14 nitrogen and oxygen atoms in total. The summed E-state index contributed by atoms with van der Waals surface area (Å²) < 4.78 is 51.6. The van der Waals surface area contributed by atoms with Crippen LogP contribution in [-0.2, 0) is 38.7 Å². The van der Waals surface area contributed by atoms with Gasteiger partial charge in [0.25, 0.3) is 0 Å². The number of pyridine rings is 1. The summed E-state index contributed by atoms with van der Waals surface area (Å²) in [6.45, 7) is 13.5. The van der Waals surface area contributed by atoms with Crippen LogP contribution in [0, 0.1) is 29.1 Å². The molecule has 5 aliphatic rings. The minimum Gasteiger partial charge on any atom is -0.497 e. The van der Waals surface area contributed by atoms with Gasteiger partial charge in [-0.3, -0.25) is 23.9 Å². The lowest BCUT2D eigenvalue weighted by Crippen LogP contribution is -2.48. The third-order valence-corrected chi connectivity index (χ3v) is 15.4. The predicted octanol–water partition coefficient (Wildman–Crippen LogP) is 5.75. The second-order valence-corrected chi connectivity index (χ2v) is 21.4. The van der Waals surface area contributed by atoms with E-state index in [-0.39, 0.29) is 55.3 Å². The number of carbonyl (C=O) groups is 4. The van der Waals surface area contributed by atoms with E-state index in [1.54, 1.807) is 39.7 Å². The summed E-state index contributed by atoms with van der Waals surface area (Å²) >= 11 is 0. The molecule has 328 valence electrons. The number of nitrogens with one attached hydrogen (secondary N) is 1. The second-order valence-electron chi connectivity index (χ2n) is 19.2. The molecule has 1 aromatic heterocycles. The van der Waals surface area contributed by atoms with Gasteiger partial charge in [-0.15, -0.1) is 0 Å². The Labute approximate surface area is 354 Å². The number of hydrogen-bond acceptors (Lipinski definition) is 12. The van der Waals surface area contributed by atoms with Crippen LogP contribution in [0.4, 0.5) is 5.82 Å². The Morgan fingerprint density at radius 1 is 1.07 bits per heavy atom. The van der Waals surface area contributed by atoms with Crippen molar-refractivity contribution >= 4 is 50.2 Å². The molecule has 0 bridgehead atoms. The van der Waals surface area contributed by atoms with Gasteiger partial charge in [-0.1, -0.05) is 26.0 Å². The van der Waals surface area contributed by atoms with Crippen molar-refractivity contribution in [1.29, 1.82) is 0 Å². The third kappa shape index (κ3) is 9.46. The van der Waals surface area contributed by atoms with Crippen LogP contribution in [-0.4, -0.2) is 104 Å². The van der Waals surface area contributed by atoms with Gasteiger partial charge < -0.3 is 28.7 Å². The number of rotatable bonds is 9. The molecule has 3 aliphatic heterocycles. The molecular weight excluding hydrogens is 789 g/mol. The van der Waals surface area contributed by atoms with Crippen LogP contribution in [0.1, 0.15) is 99.3 Å². The number of Topliss-reactive ketones (excluding diaryl/α,β-unsaturated/α-hetero) is 1. The van der Waals surface area contributed by atoms with Gasteiger partial charge in [0, 0.05) is 31.3 Å². The lowest BCUT2D eigenvalue weighted by atomic mass is 9.82. The number of ketones is 1. The predicted molar refractivity (Wildman–Crippen MR) is 226 cm³/mol. The number of carbonyl (C=O) groups excluding carboxylic acids is 4. The van der Waals surface area contributed by atoms with Crippen molar-refractivity contribution in [3.63, 3.8) is 0 Å². The highest BCUT2D eigenvalue weighted by Gasteiger charge is 2.62. The average molecular weight is 851 g/mol. The summed E-state index contributed by atoms with van der Waals surface area (Å²) in [4.78, 5) is 66.1. The smallest absolute Gasteiger partial charge is 0.307 e. The molecule has 0 radical (unpaired) electrons. The zero-order valence-electron chi connectivity index (χ0n) is 36.2. The summed E-state index contributed by atoms with van der Waals surface area (Å²) in [6, 6.07) is 6.61. The molecule has 2 aromatic rings. The van der Waals surface area contributed by atoms with Gasteiger partial charge in [0.2, 0.25) is 27.7 Å². The van der Waals surface area contributed by atoms with E-state index in [0.717, 1.165) is 17.2 Å². The molecule has 0 unspecified atom stereocenters. The van der Waals surface area contributed by atoms with Crippen LogP contribution in [0.2, 0.25) is 0 Å². The van der Waals surface area contributed by atoms with E-state index in [2.05, 4.69) is 16.5 Å². The molecular formula is C45H62N4O10S. The van der Waals surface area contributed by atoms with E-state index >= 15 is 4.79 Å². The first-order chi connectivity index (χ1) is 28.3. The quantitative estimate of drug-likeness (QED) is 0.240. The number of amides is 2. The Morgan fingerprint density at radius 2 is 1.80 bits per heavy atom. The fourth-order valence-corrected chi connectivity index (χ4v) is 10.5. The molecule has 15 heteroatoms. The Bertz CT molecular complexity index is 2120. The molecule has 2 saturated carbocycles. The molecule has 2 amide bonds. The maximum atomic E-state index is 15.1. The highest BCUT2D eigenvalue weighted by Crippen LogP contribution is 2.58. The van der Waals surface area contributed by atoms with Gasteiger partial charge in [-0.25, -0.2) is 8.42 Å². The maximum Gasteiger partial charge on any atom is 0.307 e. The molecule has 2 saturated heterocycles. The van der Waals surface area contributed by atoms with Crippen molar-refractivity contribution in [1.82, 2.24) is 14.6 Å². The molecule has 7 atom stereocenters. The van der Waals surface area contributed by atoms with E-state index in [0.29, 0.717) is 75.9 Å². The van der Waals surface area contributed by atoms with Crippen LogP contribution in [0.15, 0.2) is 36.4 Å². The number of morpholine rings is 1. The van der Waals surface area contributed by atoms with Crippen molar-refractivity contribution in [2.75, 3.05) is 44.9 Å². The Hall–Kier alpha value is -4.24. The van der Waals surface area contributed by atoms with Gasteiger partial charge in [0.05, 0.1) is 55.4 Å². The van der Waals surface area contributed by atoms with Gasteiger partial charge in [0.15, 0.2) is 5.78 Å². The van der Waals surface area contributed by atoms with Crippen LogP contribution in [0.25, 0.3) is 10.8 Å². The van der Waals surface area contributed by atoms with Crippen molar-refractivity contribution in [3.8, 4) is 11.6 Å². The fourth-order valence-electron chi connectivity index (χ4n) is 9.17. The van der Waals surface area contributed by atoms with Crippen LogP contribution < -0.4 is 19.1 Å². The van der Waals surface area contributed by atoms with Crippen LogP contribution in [0.3, 0.4) is 0 Å². The number of aromatic nitrogens is 1. The molecule has 4 fully saturated rings. The van der Waals surface area contributed by atoms with Gasteiger partial charge in [-0.2, -0.15) is 4.98 Å². The fraction of sp³-hybridized carbons (Fsp3) is 0.667. The van der Waals surface area contributed by atoms with Crippen molar-refractivity contribution in [3.05, 3.63) is 36.4 Å².